The monoisotopic (exact) mass is 345 g/mol. The molecule has 0 aromatic carbocycles. The normalized spacial score (nSPS) is 24.1. The standard InChI is InChI=1S/C19H31N5O/c1-3-22-10-6-7-17(15-22)21-19(25)24-13-11-23(12-14-24)16(2)18-8-4-5-9-20-18/h4-5,8-9,16-17H,3,6-7,10-15H2,1-2H3,(H,21,25). The van der Waals surface area contributed by atoms with Crippen LogP contribution in [0.3, 0.4) is 0 Å². The molecular weight excluding hydrogens is 314 g/mol. The Hall–Kier alpha value is -1.66. The van der Waals surface area contributed by atoms with Crippen LogP contribution in [-0.2, 0) is 0 Å². The van der Waals surface area contributed by atoms with E-state index >= 15 is 0 Å². The number of piperazine rings is 1. The molecule has 138 valence electrons. The summed E-state index contributed by atoms with van der Waals surface area (Å²) in [6.45, 7) is 11.0. The van der Waals surface area contributed by atoms with E-state index in [1.54, 1.807) is 0 Å². The Bertz CT molecular complexity index is 544. The second-order valence-corrected chi connectivity index (χ2v) is 7.14. The van der Waals surface area contributed by atoms with E-state index in [1.807, 2.05) is 23.2 Å². The zero-order valence-electron chi connectivity index (χ0n) is 15.5. The molecule has 2 aliphatic heterocycles. The lowest BCUT2D eigenvalue weighted by atomic mass is 10.1. The molecule has 1 aromatic rings. The van der Waals surface area contributed by atoms with E-state index < -0.39 is 0 Å². The van der Waals surface area contributed by atoms with E-state index in [2.05, 4.69) is 40.0 Å². The largest absolute Gasteiger partial charge is 0.334 e. The van der Waals surface area contributed by atoms with Gasteiger partial charge >= 0.3 is 6.03 Å². The summed E-state index contributed by atoms with van der Waals surface area (Å²) in [4.78, 5) is 23.8. The maximum Gasteiger partial charge on any atom is 0.317 e. The number of pyridine rings is 1. The fourth-order valence-electron chi connectivity index (χ4n) is 3.85. The first-order chi connectivity index (χ1) is 12.2. The summed E-state index contributed by atoms with van der Waals surface area (Å²) in [6.07, 6.45) is 4.12. The van der Waals surface area contributed by atoms with Crippen LogP contribution >= 0.6 is 0 Å². The molecule has 3 heterocycles. The molecule has 0 bridgehead atoms. The Morgan fingerprint density at radius 1 is 1.28 bits per heavy atom. The lowest BCUT2D eigenvalue weighted by molar-refractivity contribution is 0.108. The quantitative estimate of drug-likeness (QED) is 0.906. The van der Waals surface area contributed by atoms with Gasteiger partial charge in [-0.3, -0.25) is 9.88 Å². The molecule has 2 atom stereocenters. The van der Waals surface area contributed by atoms with Crippen LogP contribution in [0.1, 0.15) is 38.4 Å². The molecule has 0 spiro atoms. The number of amides is 2. The highest BCUT2D eigenvalue weighted by atomic mass is 16.2. The van der Waals surface area contributed by atoms with Crippen molar-refractivity contribution in [2.75, 3.05) is 45.8 Å². The van der Waals surface area contributed by atoms with Gasteiger partial charge in [0.25, 0.3) is 0 Å². The van der Waals surface area contributed by atoms with Crippen molar-refractivity contribution in [2.45, 2.75) is 38.8 Å². The van der Waals surface area contributed by atoms with E-state index in [9.17, 15) is 4.79 Å². The van der Waals surface area contributed by atoms with Crippen molar-refractivity contribution in [3.8, 4) is 0 Å². The SMILES string of the molecule is CCN1CCCC(NC(=O)N2CCN(C(C)c3ccccn3)CC2)C1. The average molecular weight is 345 g/mol. The molecule has 6 heteroatoms. The molecule has 0 aliphatic carbocycles. The van der Waals surface area contributed by atoms with Crippen LogP contribution in [-0.4, -0.2) is 77.6 Å². The third kappa shape index (κ3) is 4.70. The van der Waals surface area contributed by atoms with Crippen molar-refractivity contribution < 1.29 is 4.79 Å². The van der Waals surface area contributed by atoms with Gasteiger partial charge < -0.3 is 15.1 Å². The molecule has 2 amide bonds. The number of nitrogens with one attached hydrogen (secondary N) is 1. The van der Waals surface area contributed by atoms with Crippen molar-refractivity contribution in [3.63, 3.8) is 0 Å². The lowest BCUT2D eigenvalue weighted by Gasteiger charge is -2.39. The van der Waals surface area contributed by atoms with E-state index in [0.717, 1.165) is 57.9 Å². The summed E-state index contributed by atoms with van der Waals surface area (Å²) in [5, 5.41) is 3.24. The number of carbonyl (C=O) groups excluding carboxylic acids is 1. The highest BCUT2D eigenvalue weighted by Crippen LogP contribution is 2.19. The number of rotatable bonds is 4. The number of hydrogen-bond acceptors (Lipinski definition) is 4. The minimum absolute atomic E-state index is 0.105. The number of carbonyl (C=O) groups is 1. The molecule has 1 aromatic heterocycles. The van der Waals surface area contributed by atoms with Gasteiger partial charge in [-0.05, 0) is 45.0 Å². The van der Waals surface area contributed by atoms with Gasteiger partial charge in [-0.15, -0.1) is 0 Å². The summed E-state index contributed by atoms with van der Waals surface area (Å²) in [6, 6.07) is 6.75. The number of likely N-dealkylation sites (N-methyl/N-ethyl adjacent to an activating group) is 1. The minimum atomic E-state index is 0.105. The minimum Gasteiger partial charge on any atom is -0.334 e. The highest BCUT2D eigenvalue weighted by molar-refractivity contribution is 5.74. The third-order valence-electron chi connectivity index (χ3n) is 5.55. The fraction of sp³-hybridized carbons (Fsp3) is 0.684. The van der Waals surface area contributed by atoms with Crippen molar-refractivity contribution in [1.29, 1.82) is 0 Å². The third-order valence-corrected chi connectivity index (χ3v) is 5.55. The van der Waals surface area contributed by atoms with Crippen molar-refractivity contribution in [2.24, 2.45) is 0 Å². The zero-order chi connectivity index (χ0) is 17.6. The van der Waals surface area contributed by atoms with Crippen LogP contribution in [0.15, 0.2) is 24.4 Å². The van der Waals surface area contributed by atoms with Gasteiger partial charge in [0.15, 0.2) is 0 Å². The Morgan fingerprint density at radius 2 is 2.08 bits per heavy atom. The molecule has 2 fully saturated rings. The molecular formula is C19H31N5O. The van der Waals surface area contributed by atoms with Crippen LogP contribution in [0.5, 0.6) is 0 Å². The molecule has 25 heavy (non-hydrogen) atoms. The van der Waals surface area contributed by atoms with Crippen molar-refractivity contribution in [1.82, 2.24) is 25.0 Å². The zero-order valence-corrected chi connectivity index (χ0v) is 15.5. The van der Waals surface area contributed by atoms with Gasteiger partial charge in [0, 0.05) is 51.0 Å². The second-order valence-electron chi connectivity index (χ2n) is 7.14. The Labute approximate surface area is 151 Å². The topological polar surface area (TPSA) is 51.7 Å². The van der Waals surface area contributed by atoms with Gasteiger partial charge in [0.1, 0.15) is 0 Å². The number of aromatic nitrogens is 1. The van der Waals surface area contributed by atoms with E-state index in [0.29, 0.717) is 12.1 Å². The van der Waals surface area contributed by atoms with Gasteiger partial charge in [-0.2, -0.15) is 0 Å². The fourth-order valence-corrected chi connectivity index (χ4v) is 3.85. The molecule has 0 saturated carbocycles. The van der Waals surface area contributed by atoms with Gasteiger partial charge in [0.2, 0.25) is 0 Å². The number of nitrogens with zero attached hydrogens (tertiary/aromatic N) is 4. The average Bonchev–Trinajstić information content (AvgIpc) is 2.68. The first-order valence-corrected chi connectivity index (χ1v) is 9.60. The van der Waals surface area contributed by atoms with Crippen LogP contribution in [0.4, 0.5) is 4.79 Å². The molecule has 1 N–H and O–H groups in total. The number of urea groups is 1. The predicted molar refractivity (Wildman–Crippen MR) is 99.5 cm³/mol. The van der Waals surface area contributed by atoms with Crippen molar-refractivity contribution in [3.05, 3.63) is 30.1 Å². The smallest absolute Gasteiger partial charge is 0.317 e. The van der Waals surface area contributed by atoms with E-state index in [1.165, 1.54) is 6.42 Å². The molecule has 6 nitrogen and oxygen atoms in total. The van der Waals surface area contributed by atoms with Gasteiger partial charge in [0.05, 0.1) is 5.69 Å². The Kier molecular flexibility index (Phi) is 6.26. The Morgan fingerprint density at radius 3 is 2.76 bits per heavy atom. The summed E-state index contributed by atoms with van der Waals surface area (Å²) in [7, 11) is 0. The molecule has 3 rings (SSSR count). The van der Waals surface area contributed by atoms with Crippen LogP contribution in [0.2, 0.25) is 0 Å². The van der Waals surface area contributed by atoms with Crippen molar-refractivity contribution >= 4 is 6.03 Å². The summed E-state index contributed by atoms with van der Waals surface area (Å²) in [5.41, 5.74) is 1.10. The van der Waals surface area contributed by atoms with Gasteiger partial charge in [-0.25, -0.2) is 4.79 Å². The maximum absolute atomic E-state index is 12.6. The van der Waals surface area contributed by atoms with E-state index in [-0.39, 0.29) is 6.03 Å². The van der Waals surface area contributed by atoms with Crippen LogP contribution < -0.4 is 5.32 Å². The lowest BCUT2D eigenvalue weighted by Crippen LogP contribution is -2.56. The molecule has 2 saturated heterocycles. The van der Waals surface area contributed by atoms with Crippen LogP contribution in [0, 0.1) is 0 Å². The number of likely N-dealkylation sites (tertiary alicyclic amines) is 1. The number of hydrogen-bond donors (Lipinski definition) is 1. The maximum atomic E-state index is 12.6. The summed E-state index contributed by atoms with van der Waals surface area (Å²) >= 11 is 0. The second kappa shape index (κ2) is 8.63. The number of piperidine rings is 1. The van der Waals surface area contributed by atoms with E-state index in [4.69, 9.17) is 0 Å². The predicted octanol–water partition coefficient (Wildman–Crippen LogP) is 1.95. The highest BCUT2D eigenvalue weighted by Gasteiger charge is 2.27. The molecule has 0 radical (unpaired) electrons. The first kappa shape index (κ1) is 18.1. The summed E-state index contributed by atoms with van der Waals surface area (Å²) < 4.78 is 0. The molecule has 2 aliphatic rings. The Balaban J connectivity index is 1.46. The molecule has 2 unspecified atom stereocenters. The first-order valence-electron chi connectivity index (χ1n) is 9.60. The van der Waals surface area contributed by atoms with Gasteiger partial charge in [-0.1, -0.05) is 13.0 Å². The van der Waals surface area contributed by atoms with Crippen LogP contribution in [0.25, 0.3) is 0 Å². The summed E-state index contributed by atoms with van der Waals surface area (Å²) in [5.74, 6) is 0.